The van der Waals surface area contributed by atoms with E-state index in [0.29, 0.717) is 29.5 Å². The summed E-state index contributed by atoms with van der Waals surface area (Å²) in [5.41, 5.74) is 0. The molecule has 0 saturated heterocycles. The van der Waals surface area contributed by atoms with E-state index in [0.717, 1.165) is 23.5 Å². The van der Waals surface area contributed by atoms with Crippen LogP contribution in [0.4, 0.5) is 0 Å². The second-order valence-corrected chi connectivity index (χ2v) is 7.09. The number of thioether (sulfide) groups is 1. The van der Waals surface area contributed by atoms with Crippen molar-refractivity contribution < 1.29 is 14.6 Å². The summed E-state index contributed by atoms with van der Waals surface area (Å²) in [5, 5.41) is 10.3. The molecule has 0 atom stereocenters. The van der Waals surface area contributed by atoms with Crippen molar-refractivity contribution in [2.45, 2.75) is 36.7 Å². The normalized spacial score (nSPS) is 22.2. The highest BCUT2D eigenvalue weighted by atomic mass is 35.5. The Morgan fingerprint density at radius 1 is 1.29 bits per heavy atom. The van der Waals surface area contributed by atoms with Gasteiger partial charge in [-0.15, -0.1) is 11.8 Å². The number of aliphatic carboxylic acids is 1. The highest BCUT2D eigenvalue weighted by Gasteiger charge is 2.26. The first-order valence-electron chi connectivity index (χ1n) is 6.98. The van der Waals surface area contributed by atoms with Gasteiger partial charge in [-0.3, -0.25) is 4.79 Å². The van der Waals surface area contributed by atoms with Gasteiger partial charge in [-0.2, -0.15) is 0 Å². The van der Waals surface area contributed by atoms with Gasteiger partial charge in [0.2, 0.25) is 0 Å². The third kappa shape index (κ3) is 5.37. The van der Waals surface area contributed by atoms with Gasteiger partial charge in [0.05, 0.1) is 23.7 Å². The lowest BCUT2D eigenvalue weighted by Gasteiger charge is -2.26. The van der Waals surface area contributed by atoms with Crippen LogP contribution in [0.1, 0.15) is 25.7 Å². The lowest BCUT2D eigenvalue weighted by Crippen LogP contribution is -2.26. The van der Waals surface area contributed by atoms with Gasteiger partial charge in [0.25, 0.3) is 0 Å². The van der Waals surface area contributed by atoms with Crippen molar-refractivity contribution in [3.8, 4) is 0 Å². The fourth-order valence-electron chi connectivity index (χ4n) is 2.43. The standard InChI is InChI=1S/C15H18Cl2O3S/c16-11-3-6-13(17)14(9-11)21-8-7-20-12-4-1-10(2-5-12)15(18)19/h3,6,9-10,12H,1-2,4-5,7-8H2,(H,18,19). The molecular weight excluding hydrogens is 331 g/mol. The van der Waals surface area contributed by atoms with Crippen molar-refractivity contribution in [1.29, 1.82) is 0 Å². The highest BCUT2D eigenvalue weighted by molar-refractivity contribution is 7.99. The minimum atomic E-state index is -0.681. The van der Waals surface area contributed by atoms with Crippen molar-refractivity contribution in [3.63, 3.8) is 0 Å². The summed E-state index contributed by atoms with van der Waals surface area (Å²) in [6.07, 6.45) is 3.29. The fourth-order valence-corrected chi connectivity index (χ4v) is 3.76. The molecule has 3 nitrogen and oxygen atoms in total. The molecule has 21 heavy (non-hydrogen) atoms. The van der Waals surface area contributed by atoms with Crippen LogP contribution in [0.5, 0.6) is 0 Å². The Morgan fingerprint density at radius 2 is 2.00 bits per heavy atom. The molecule has 116 valence electrons. The third-order valence-corrected chi connectivity index (χ3v) is 5.31. The van der Waals surface area contributed by atoms with Crippen LogP contribution < -0.4 is 0 Å². The lowest BCUT2D eigenvalue weighted by atomic mass is 9.87. The van der Waals surface area contributed by atoms with E-state index >= 15 is 0 Å². The quantitative estimate of drug-likeness (QED) is 0.595. The molecule has 0 spiro atoms. The Bertz CT molecular complexity index is 488. The summed E-state index contributed by atoms with van der Waals surface area (Å²) in [6.45, 7) is 0.635. The van der Waals surface area contributed by atoms with Crippen molar-refractivity contribution in [2.24, 2.45) is 5.92 Å². The molecule has 1 aliphatic carbocycles. The largest absolute Gasteiger partial charge is 0.481 e. The van der Waals surface area contributed by atoms with Crippen molar-refractivity contribution in [1.82, 2.24) is 0 Å². The molecular formula is C15H18Cl2O3S. The van der Waals surface area contributed by atoms with Gasteiger partial charge in [-0.05, 0) is 43.9 Å². The monoisotopic (exact) mass is 348 g/mol. The molecule has 0 bridgehead atoms. The van der Waals surface area contributed by atoms with Crippen LogP contribution in [0, 0.1) is 5.92 Å². The second-order valence-electron chi connectivity index (χ2n) is 5.11. The van der Waals surface area contributed by atoms with Gasteiger partial charge in [0.15, 0.2) is 0 Å². The molecule has 6 heteroatoms. The van der Waals surface area contributed by atoms with Gasteiger partial charge in [0.1, 0.15) is 0 Å². The van der Waals surface area contributed by atoms with E-state index in [4.69, 9.17) is 33.0 Å². The van der Waals surface area contributed by atoms with Gasteiger partial charge in [0, 0.05) is 15.7 Å². The predicted octanol–water partition coefficient (Wildman–Crippen LogP) is 4.75. The Labute approximate surface area is 139 Å². The van der Waals surface area contributed by atoms with Crippen LogP contribution in [0.25, 0.3) is 0 Å². The Balaban J connectivity index is 1.66. The Kier molecular flexibility index (Phi) is 6.68. The minimum Gasteiger partial charge on any atom is -0.481 e. The van der Waals surface area contributed by atoms with Gasteiger partial charge < -0.3 is 9.84 Å². The average Bonchev–Trinajstić information content (AvgIpc) is 2.47. The maximum absolute atomic E-state index is 10.9. The van der Waals surface area contributed by atoms with Gasteiger partial charge >= 0.3 is 5.97 Å². The summed E-state index contributed by atoms with van der Waals surface area (Å²) < 4.78 is 5.81. The number of carbonyl (C=O) groups is 1. The maximum atomic E-state index is 10.9. The first-order valence-corrected chi connectivity index (χ1v) is 8.72. The number of hydrogen-bond donors (Lipinski definition) is 1. The molecule has 0 unspecified atom stereocenters. The summed E-state index contributed by atoms with van der Waals surface area (Å²) in [5.74, 6) is -0.0667. The fraction of sp³-hybridized carbons (Fsp3) is 0.533. The van der Waals surface area contributed by atoms with Crippen molar-refractivity contribution in [2.75, 3.05) is 12.4 Å². The number of ether oxygens (including phenoxy) is 1. The zero-order chi connectivity index (χ0) is 15.2. The molecule has 0 heterocycles. The topological polar surface area (TPSA) is 46.5 Å². The van der Waals surface area contributed by atoms with Crippen LogP contribution in [-0.2, 0) is 9.53 Å². The van der Waals surface area contributed by atoms with Crippen molar-refractivity contribution >= 4 is 40.9 Å². The van der Waals surface area contributed by atoms with Crippen LogP contribution in [0.2, 0.25) is 10.0 Å². The molecule has 1 N–H and O–H groups in total. The molecule has 1 aliphatic rings. The molecule has 0 amide bonds. The maximum Gasteiger partial charge on any atom is 0.306 e. The molecule has 0 aromatic heterocycles. The van der Waals surface area contributed by atoms with Crippen LogP contribution in [-0.4, -0.2) is 29.5 Å². The number of halogens is 2. The van der Waals surface area contributed by atoms with Crippen LogP contribution in [0.3, 0.4) is 0 Å². The van der Waals surface area contributed by atoms with Gasteiger partial charge in [-0.1, -0.05) is 23.2 Å². The molecule has 0 aliphatic heterocycles. The number of carboxylic acids is 1. The Morgan fingerprint density at radius 3 is 2.67 bits per heavy atom. The molecule has 1 saturated carbocycles. The lowest BCUT2D eigenvalue weighted by molar-refractivity contribution is -0.143. The SMILES string of the molecule is O=C(O)C1CCC(OCCSc2cc(Cl)ccc2Cl)CC1. The number of rotatable bonds is 6. The van der Waals surface area contributed by atoms with E-state index < -0.39 is 5.97 Å². The summed E-state index contributed by atoms with van der Waals surface area (Å²) in [6, 6.07) is 5.41. The minimum absolute atomic E-state index is 0.190. The first-order chi connectivity index (χ1) is 10.1. The number of carboxylic acid groups (broad SMARTS) is 1. The summed E-state index contributed by atoms with van der Waals surface area (Å²) >= 11 is 13.7. The Hall–Kier alpha value is -0.420. The predicted molar refractivity (Wildman–Crippen MR) is 86.5 cm³/mol. The van der Waals surface area contributed by atoms with E-state index in [2.05, 4.69) is 0 Å². The summed E-state index contributed by atoms with van der Waals surface area (Å²) in [4.78, 5) is 11.8. The van der Waals surface area contributed by atoms with E-state index in [1.807, 2.05) is 6.07 Å². The smallest absolute Gasteiger partial charge is 0.306 e. The van der Waals surface area contributed by atoms with Crippen LogP contribution in [0.15, 0.2) is 23.1 Å². The van der Waals surface area contributed by atoms with E-state index in [1.165, 1.54) is 0 Å². The average molecular weight is 349 g/mol. The zero-order valence-corrected chi connectivity index (χ0v) is 13.9. The van der Waals surface area contributed by atoms with E-state index in [9.17, 15) is 4.79 Å². The van der Waals surface area contributed by atoms with Crippen molar-refractivity contribution in [3.05, 3.63) is 28.2 Å². The number of benzene rings is 1. The first kappa shape index (κ1) is 16.9. The van der Waals surface area contributed by atoms with E-state index in [1.54, 1.807) is 23.9 Å². The molecule has 1 aromatic carbocycles. The molecule has 1 fully saturated rings. The van der Waals surface area contributed by atoms with Gasteiger partial charge in [-0.25, -0.2) is 0 Å². The molecule has 2 rings (SSSR count). The zero-order valence-electron chi connectivity index (χ0n) is 11.6. The third-order valence-electron chi connectivity index (χ3n) is 3.61. The number of hydrogen-bond acceptors (Lipinski definition) is 3. The molecule has 1 aromatic rings. The van der Waals surface area contributed by atoms with Crippen LogP contribution >= 0.6 is 35.0 Å². The molecule has 0 radical (unpaired) electrons. The highest BCUT2D eigenvalue weighted by Crippen LogP contribution is 2.30. The summed E-state index contributed by atoms with van der Waals surface area (Å²) in [7, 11) is 0. The second kappa shape index (κ2) is 8.28. The van der Waals surface area contributed by atoms with E-state index in [-0.39, 0.29) is 12.0 Å².